The summed E-state index contributed by atoms with van der Waals surface area (Å²) in [5.74, 6) is -0.0917. The van der Waals surface area contributed by atoms with Crippen molar-refractivity contribution in [3.63, 3.8) is 0 Å². The molecule has 3 atom stereocenters. The molecule has 2 aliphatic heterocycles. The number of pyridine rings is 1. The topological polar surface area (TPSA) is 51.2 Å². The van der Waals surface area contributed by atoms with Gasteiger partial charge in [0.05, 0.1) is 18.2 Å². The number of fused-ring (bicyclic) bond motifs is 2. The summed E-state index contributed by atoms with van der Waals surface area (Å²) in [6.45, 7) is 6.16. The second-order valence-electron chi connectivity index (χ2n) is 7.00. The molecular weight excluding hydrogens is 288 g/mol. The summed E-state index contributed by atoms with van der Waals surface area (Å²) in [5, 5.41) is 3.44. The lowest BCUT2D eigenvalue weighted by molar-refractivity contribution is 0.0840. The molecule has 2 fully saturated rings. The van der Waals surface area contributed by atoms with Gasteiger partial charge in [0.25, 0.3) is 5.91 Å². The minimum Gasteiger partial charge on any atom is -0.373 e. The molecule has 0 radical (unpaired) electrons. The molecule has 21 heavy (non-hydrogen) atoms. The first-order chi connectivity index (χ1) is 9.83. The Kier molecular flexibility index (Phi) is 3.70. The molecule has 0 aliphatic carbocycles. The second kappa shape index (κ2) is 5.25. The minimum absolute atomic E-state index is 0.0917. The Morgan fingerprint density at radius 2 is 2.14 bits per heavy atom. The van der Waals surface area contributed by atoms with Gasteiger partial charge >= 0.3 is 0 Å². The van der Waals surface area contributed by atoms with E-state index in [-0.39, 0.29) is 23.5 Å². The molecule has 0 saturated carbocycles. The van der Waals surface area contributed by atoms with E-state index in [9.17, 15) is 4.79 Å². The highest BCUT2D eigenvalue weighted by molar-refractivity contribution is 6.29. The lowest BCUT2D eigenvalue weighted by Crippen LogP contribution is -2.41. The quantitative estimate of drug-likeness (QED) is 0.854. The minimum atomic E-state index is -0.143. The predicted molar refractivity (Wildman–Crippen MR) is 81.7 cm³/mol. The van der Waals surface area contributed by atoms with E-state index in [2.05, 4.69) is 31.1 Å². The van der Waals surface area contributed by atoms with Crippen molar-refractivity contribution >= 4 is 17.5 Å². The van der Waals surface area contributed by atoms with Gasteiger partial charge in [-0.1, -0.05) is 32.4 Å². The number of amides is 1. The largest absolute Gasteiger partial charge is 0.373 e. The van der Waals surface area contributed by atoms with E-state index in [4.69, 9.17) is 16.3 Å². The summed E-state index contributed by atoms with van der Waals surface area (Å²) in [6, 6.07) is 3.58. The van der Waals surface area contributed by atoms with Crippen LogP contribution in [0.15, 0.2) is 12.1 Å². The maximum Gasteiger partial charge on any atom is 0.251 e. The molecule has 5 heteroatoms. The molecule has 3 rings (SSSR count). The van der Waals surface area contributed by atoms with Crippen LogP contribution in [0.3, 0.4) is 0 Å². The summed E-state index contributed by atoms with van der Waals surface area (Å²) in [4.78, 5) is 16.8. The average molecular weight is 309 g/mol. The van der Waals surface area contributed by atoms with E-state index in [0.29, 0.717) is 16.8 Å². The Morgan fingerprint density at radius 1 is 1.38 bits per heavy atom. The third-order valence-electron chi connectivity index (χ3n) is 4.25. The summed E-state index contributed by atoms with van der Waals surface area (Å²) in [6.07, 6.45) is 3.58. The van der Waals surface area contributed by atoms with Crippen molar-refractivity contribution in [3.8, 4) is 0 Å². The normalized spacial score (nSPS) is 27.9. The van der Waals surface area contributed by atoms with Gasteiger partial charge in [0.2, 0.25) is 0 Å². The van der Waals surface area contributed by atoms with Crippen LogP contribution in [0.2, 0.25) is 5.15 Å². The lowest BCUT2D eigenvalue weighted by Gasteiger charge is -2.21. The Morgan fingerprint density at radius 3 is 2.71 bits per heavy atom. The fraction of sp³-hybridized carbons (Fsp3) is 0.625. The van der Waals surface area contributed by atoms with Crippen LogP contribution < -0.4 is 5.32 Å². The molecule has 2 saturated heterocycles. The Balaban J connectivity index is 1.77. The van der Waals surface area contributed by atoms with Crippen molar-refractivity contribution in [3.05, 3.63) is 28.5 Å². The molecule has 1 aromatic heterocycles. The van der Waals surface area contributed by atoms with Gasteiger partial charge in [-0.25, -0.2) is 4.98 Å². The first-order valence-corrected chi connectivity index (χ1v) is 7.85. The van der Waals surface area contributed by atoms with E-state index in [1.807, 2.05) is 6.07 Å². The maximum atomic E-state index is 12.5. The van der Waals surface area contributed by atoms with Crippen LogP contribution in [0.4, 0.5) is 0 Å². The smallest absolute Gasteiger partial charge is 0.251 e. The Bertz CT molecular complexity index is 568. The zero-order valence-corrected chi connectivity index (χ0v) is 13.4. The molecule has 4 nitrogen and oxygen atoms in total. The number of nitrogens with zero attached hydrogens (tertiary/aromatic N) is 1. The lowest BCUT2D eigenvalue weighted by atomic mass is 9.90. The van der Waals surface area contributed by atoms with Gasteiger partial charge in [0.15, 0.2) is 0 Å². The number of hydrogen-bond acceptors (Lipinski definition) is 3. The highest BCUT2D eigenvalue weighted by Crippen LogP contribution is 2.34. The first kappa shape index (κ1) is 14.8. The van der Waals surface area contributed by atoms with Gasteiger partial charge in [-0.15, -0.1) is 0 Å². The Hall–Kier alpha value is -1.13. The van der Waals surface area contributed by atoms with Crippen molar-refractivity contribution in [2.24, 2.45) is 0 Å². The third-order valence-corrected chi connectivity index (χ3v) is 4.44. The molecule has 1 amide bonds. The maximum absolute atomic E-state index is 12.5. The molecule has 0 spiro atoms. The van der Waals surface area contributed by atoms with Crippen molar-refractivity contribution in [1.82, 2.24) is 10.3 Å². The molecule has 114 valence electrons. The second-order valence-corrected chi connectivity index (χ2v) is 7.39. The van der Waals surface area contributed by atoms with E-state index in [1.54, 1.807) is 6.07 Å². The third kappa shape index (κ3) is 3.06. The molecule has 1 aromatic rings. The van der Waals surface area contributed by atoms with Crippen LogP contribution in [0.5, 0.6) is 0 Å². The highest BCUT2D eigenvalue weighted by atomic mass is 35.5. The van der Waals surface area contributed by atoms with Gasteiger partial charge in [0.1, 0.15) is 5.15 Å². The first-order valence-electron chi connectivity index (χ1n) is 7.47. The number of hydrogen-bond donors (Lipinski definition) is 1. The zero-order valence-electron chi connectivity index (χ0n) is 12.6. The molecule has 0 aromatic carbocycles. The predicted octanol–water partition coefficient (Wildman–Crippen LogP) is 3.08. The Labute approximate surface area is 130 Å². The van der Waals surface area contributed by atoms with Crippen LogP contribution in [-0.2, 0) is 10.2 Å². The summed E-state index contributed by atoms with van der Waals surface area (Å²) in [5.41, 5.74) is 1.25. The van der Waals surface area contributed by atoms with Gasteiger partial charge in [-0.3, -0.25) is 4.79 Å². The fourth-order valence-corrected chi connectivity index (χ4v) is 3.26. The van der Waals surface area contributed by atoms with Crippen molar-refractivity contribution in [1.29, 1.82) is 0 Å². The molecular formula is C16H21ClN2O2. The zero-order chi connectivity index (χ0) is 15.2. The van der Waals surface area contributed by atoms with Crippen molar-refractivity contribution in [2.45, 2.75) is 63.7 Å². The van der Waals surface area contributed by atoms with Crippen LogP contribution >= 0.6 is 11.6 Å². The van der Waals surface area contributed by atoms with E-state index >= 15 is 0 Å². The molecule has 2 aliphatic rings. The summed E-state index contributed by atoms with van der Waals surface area (Å²) in [7, 11) is 0. The number of ether oxygens (including phenoxy) is 1. The van der Waals surface area contributed by atoms with E-state index < -0.39 is 0 Å². The molecule has 1 N–H and O–H groups in total. The summed E-state index contributed by atoms with van der Waals surface area (Å²) < 4.78 is 5.77. The monoisotopic (exact) mass is 308 g/mol. The highest BCUT2D eigenvalue weighted by Gasteiger charge is 2.41. The van der Waals surface area contributed by atoms with E-state index in [0.717, 1.165) is 25.0 Å². The van der Waals surface area contributed by atoms with Gasteiger partial charge < -0.3 is 10.1 Å². The molecule has 2 bridgehead atoms. The standard InChI is InChI=1S/C16H21ClN2O2/c1-16(2,3)13-6-9(7-14(17)19-13)15(20)18-11-8-10-4-5-12(11)21-10/h6-7,10-12H,4-5,8H2,1-3H3,(H,18,20). The van der Waals surface area contributed by atoms with Crippen LogP contribution in [-0.4, -0.2) is 29.1 Å². The summed E-state index contributed by atoms with van der Waals surface area (Å²) >= 11 is 6.06. The van der Waals surface area contributed by atoms with Gasteiger partial charge in [-0.05, 0) is 31.4 Å². The number of aromatic nitrogens is 1. The van der Waals surface area contributed by atoms with Crippen LogP contribution in [0.25, 0.3) is 0 Å². The number of rotatable bonds is 2. The van der Waals surface area contributed by atoms with Crippen LogP contribution in [0, 0.1) is 0 Å². The average Bonchev–Trinajstić information content (AvgIpc) is 2.99. The number of halogens is 1. The van der Waals surface area contributed by atoms with Gasteiger partial charge in [-0.2, -0.15) is 0 Å². The number of nitrogens with one attached hydrogen (secondary N) is 1. The number of carbonyl (C=O) groups is 1. The van der Waals surface area contributed by atoms with Gasteiger partial charge in [0, 0.05) is 16.7 Å². The fourth-order valence-electron chi connectivity index (χ4n) is 3.05. The van der Waals surface area contributed by atoms with E-state index in [1.165, 1.54) is 0 Å². The van der Waals surface area contributed by atoms with Crippen LogP contribution in [0.1, 0.15) is 56.1 Å². The van der Waals surface area contributed by atoms with Crippen molar-refractivity contribution < 1.29 is 9.53 Å². The number of carbonyl (C=O) groups excluding carboxylic acids is 1. The molecule has 3 heterocycles. The van der Waals surface area contributed by atoms with Crippen molar-refractivity contribution in [2.75, 3.05) is 0 Å². The molecule has 3 unspecified atom stereocenters. The SMILES string of the molecule is CC(C)(C)c1cc(C(=O)NC2CC3CCC2O3)cc(Cl)n1.